The molecule has 0 spiro atoms. The first kappa shape index (κ1) is 20.2. The molecule has 2 aromatic carbocycles. The van der Waals surface area contributed by atoms with Crippen LogP contribution in [0.4, 0.5) is 0 Å². The summed E-state index contributed by atoms with van der Waals surface area (Å²) >= 11 is 7.31. The summed E-state index contributed by atoms with van der Waals surface area (Å²) in [7, 11) is 0. The Bertz CT molecular complexity index is 965. The lowest BCUT2D eigenvalue weighted by molar-refractivity contribution is -0.118. The van der Waals surface area contributed by atoms with Gasteiger partial charge in [0.1, 0.15) is 0 Å². The second kappa shape index (κ2) is 9.62. The number of benzene rings is 2. The molecule has 0 aliphatic rings. The van der Waals surface area contributed by atoms with Gasteiger partial charge in [-0.1, -0.05) is 41.9 Å². The summed E-state index contributed by atoms with van der Waals surface area (Å²) in [5, 5.41) is 4.80. The van der Waals surface area contributed by atoms with Gasteiger partial charge in [0.15, 0.2) is 0 Å². The minimum atomic E-state index is -0.144. The van der Waals surface area contributed by atoms with Crippen molar-refractivity contribution >= 4 is 35.5 Å². The first-order valence-electron chi connectivity index (χ1n) is 8.94. The number of hydrazone groups is 1. The van der Waals surface area contributed by atoms with E-state index in [4.69, 9.17) is 11.6 Å². The van der Waals surface area contributed by atoms with Gasteiger partial charge < -0.3 is 4.57 Å². The molecule has 3 rings (SSSR count). The Labute approximate surface area is 174 Å². The highest BCUT2D eigenvalue weighted by atomic mass is 35.5. The van der Waals surface area contributed by atoms with Crippen LogP contribution in [0, 0.1) is 13.8 Å². The van der Waals surface area contributed by atoms with E-state index in [2.05, 4.69) is 47.1 Å². The molecule has 0 radical (unpaired) electrons. The molecule has 0 aliphatic heterocycles. The number of amides is 1. The van der Waals surface area contributed by atoms with Gasteiger partial charge in [-0.15, -0.1) is 11.8 Å². The van der Waals surface area contributed by atoms with Crippen molar-refractivity contribution in [2.45, 2.75) is 25.3 Å². The third kappa shape index (κ3) is 5.50. The molecule has 1 amide bonds. The molecule has 0 saturated heterocycles. The lowest BCUT2D eigenvalue weighted by Gasteiger charge is -2.09. The summed E-state index contributed by atoms with van der Waals surface area (Å²) in [5.41, 5.74) is 7.12. The van der Waals surface area contributed by atoms with E-state index < -0.39 is 0 Å². The zero-order valence-electron chi connectivity index (χ0n) is 15.9. The first-order valence-corrected chi connectivity index (χ1v) is 10.3. The van der Waals surface area contributed by atoms with Gasteiger partial charge in [-0.05, 0) is 49.7 Å². The van der Waals surface area contributed by atoms with Crippen LogP contribution >= 0.6 is 23.4 Å². The predicted molar refractivity (Wildman–Crippen MR) is 117 cm³/mol. The molecule has 1 N–H and O–H groups in total. The highest BCUT2D eigenvalue weighted by molar-refractivity contribution is 8.00. The summed E-state index contributed by atoms with van der Waals surface area (Å²) in [6.45, 7) is 4.96. The van der Waals surface area contributed by atoms with Crippen molar-refractivity contribution in [2.24, 2.45) is 5.10 Å². The molecule has 0 aliphatic carbocycles. The van der Waals surface area contributed by atoms with Crippen LogP contribution in [0.1, 0.15) is 22.5 Å². The van der Waals surface area contributed by atoms with Crippen LogP contribution in [-0.4, -0.2) is 22.4 Å². The van der Waals surface area contributed by atoms with Gasteiger partial charge in [0.05, 0.1) is 12.0 Å². The first-order chi connectivity index (χ1) is 13.5. The van der Waals surface area contributed by atoms with E-state index in [0.717, 1.165) is 28.4 Å². The zero-order valence-corrected chi connectivity index (χ0v) is 17.4. The molecular formula is C22H22ClN3OS. The zero-order chi connectivity index (χ0) is 19.9. The van der Waals surface area contributed by atoms with Crippen molar-refractivity contribution in [2.75, 3.05) is 5.75 Å². The van der Waals surface area contributed by atoms with E-state index in [-0.39, 0.29) is 5.91 Å². The Hall–Kier alpha value is -2.50. The van der Waals surface area contributed by atoms with Gasteiger partial charge in [0.2, 0.25) is 5.91 Å². The number of carbonyl (C=O) groups is 1. The van der Waals surface area contributed by atoms with Crippen molar-refractivity contribution < 1.29 is 4.79 Å². The maximum absolute atomic E-state index is 12.0. The number of thioether (sulfide) groups is 1. The number of halogens is 1. The number of aryl methyl sites for hydroxylation is 1. The van der Waals surface area contributed by atoms with Crippen molar-refractivity contribution in [1.82, 2.24) is 9.99 Å². The third-order valence-electron chi connectivity index (χ3n) is 4.37. The molecule has 1 aromatic heterocycles. The number of aromatic nitrogens is 1. The van der Waals surface area contributed by atoms with Crippen molar-refractivity contribution in [1.29, 1.82) is 0 Å². The molecular weight excluding hydrogens is 390 g/mol. The quantitative estimate of drug-likeness (QED) is 0.336. The predicted octanol–water partition coefficient (Wildman–Crippen LogP) is 5.05. The molecule has 1 heterocycles. The number of carbonyl (C=O) groups excluding carboxylic acids is 1. The Balaban J connectivity index is 1.56. The highest BCUT2D eigenvalue weighted by Gasteiger charge is 2.08. The average Bonchev–Trinajstić information content (AvgIpc) is 2.96. The molecule has 144 valence electrons. The van der Waals surface area contributed by atoms with E-state index in [1.165, 1.54) is 17.3 Å². The Morgan fingerprint density at radius 2 is 1.86 bits per heavy atom. The molecule has 28 heavy (non-hydrogen) atoms. The van der Waals surface area contributed by atoms with E-state index in [0.29, 0.717) is 10.8 Å². The second-order valence-electron chi connectivity index (χ2n) is 6.43. The lowest BCUT2D eigenvalue weighted by atomic mass is 10.2. The second-order valence-corrected chi connectivity index (χ2v) is 7.92. The van der Waals surface area contributed by atoms with E-state index in [1.807, 2.05) is 42.5 Å². The average molecular weight is 412 g/mol. The van der Waals surface area contributed by atoms with Gasteiger partial charge in [-0.25, -0.2) is 5.43 Å². The fourth-order valence-electron chi connectivity index (χ4n) is 2.85. The maximum Gasteiger partial charge on any atom is 0.250 e. The molecule has 0 atom stereocenters. The lowest BCUT2D eigenvalue weighted by Crippen LogP contribution is -2.19. The van der Waals surface area contributed by atoms with Crippen molar-refractivity contribution in [3.63, 3.8) is 0 Å². The number of nitrogens with zero attached hydrogens (tertiary/aromatic N) is 2. The number of hydrogen-bond donors (Lipinski definition) is 1. The standard InChI is InChI=1S/C22H22ClN3OS/c1-16-12-19(17(2)26(16)14-18-6-4-3-5-7-18)13-24-25-22(27)15-28-21-10-8-20(23)9-11-21/h3-13H,14-15H2,1-2H3,(H,25,27)/b24-13-. The summed E-state index contributed by atoms with van der Waals surface area (Å²) < 4.78 is 2.24. The maximum atomic E-state index is 12.0. The molecule has 0 unspecified atom stereocenters. The topological polar surface area (TPSA) is 46.4 Å². The summed E-state index contributed by atoms with van der Waals surface area (Å²) in [4.78, 5) is 13.0. The number of rotatable bonds is 7. The SMILES string of the molecule is Cc1cc(/C=N\NC(=O)CSc2ccc(Cl)cc2)c(C)n1Cc1ccccc1. The molecule has 0 bridgehead atoms. The summed E-state index contributed by atoms with van der Waals surface area (Å²) in [6, 6.07) is 19.8. The van der Waals surface area contributed by atoms with Crippen molar-refractivity contribution in [3.8, 4) is 0 Å². The molecule has 0 saturated carbocycles. The minimum Gasteiger partial charge on any atom is -0.344 e. The Morgan fingerprint density at radius 3 is 2.57 bits per heavy atom. The largest absolute Gasteiger partial charge is 0.344 e. The Kier molecular flexibility index (Phi) is 6.95. The van der Waals surface area contributed by atoms with Crippen LogP contribution < -0.4 is 5.43 Å². The summed E-state index contributed by atoms with van der Waals surface area (Å²) in [5.74, 6) is 0.153. The highest BCUT2D eigenvalue weighted by Crippen LogP contribution is 2.20. The van der Waals surface area contributed by atoms with Gasteiger partial charge in [-0.3, -0.25) is 4.79 Å². The van der Waals surface area contributed by atoms with Gasteiger partial charge in [0, 0.05) is 33.4 Å². The Morgan fingerprint density at radius 1 is 1.14 bits per heavy atom. The van der Waals surface area contributed by atoms with E-state index in [9.17, 15) is 4.79 Å². The van der Waals surface area contributed by atoms with Crippen LogP contribution in [0.25, 0.3) is 0 Å². The molecule has 0 fully saturated rings. The van der Waals surface area contributed by atoms with Crippen LogP contribution in [0.3, 0.4) is 0 Å². The van der Waals surface area contributed by atoms with Crippen molar-refractivity contribution in [3.05, 3.63) is 88.2 Å². The van der Waals surface area contributed by atoms with Gasteiger partial charge in [0.25, 0.3) is 0 Å². The fourth-order valence-corrected chi connectivity index (χ4v) is 3.67. The van der Waals surface area contributed by atoms with Gasteiger partial charge in [-0.2, -0.15) is 5.10 Å². The molecule has 6 heteroatoms. The van der Waals surface area contributed by atoms with Crippen LogP contribution in [0.5, 0.6) is 0 Å². The van der Waals surface area contributed by atoms with Gasteiger partial charge >= 0.3 is 0 Å². The molecule has 3 aromatic rings. The van der Waals surface area contributed by atoms with E-state index >= 15 is 0 Å². The molecule has 4 nitrogen and oxygen atoms in total. The number of hydrogen-bond acceptors (Lipinski definition) is 3. The monoisotopic (exact) mass is 411 g/mol. The van der Waals surface area contributed by atoms with E-state index in [1.54, 1.807) is 6.21 Å². The van der Waals surface area contributed by atoms with Crippen LogP contribution in [0.2, 0.25) is 5.02 Å². The van der Waals surface area contributed by atoms with Crippen LogP contribution in [-0.2, 0) is 11.3 Å². The smallest absolute Gasteiger partial charge is 0.250 e. The minimum absolute atomic E-state index is 0.144. The third-order valence-corrected chi connectivity index (χ3v) is 5.64. The summed E-state index contributed by atoms with van der Waals surface area (Å²) in [6.07, 6.45) is 1.70. The van der Waals surface area contributed by atoms with Crippen LogP contribution in [0.15, 0.2) is 70.7 Å². The number of nitrogens with one attached hydrogen (secondary N) is 1. The fraction of sp³-hybridized carbons (Fsp3) is 0.182. The normalized spacial score (nSPS) is 11.1.